The van der Waals surface area contributed by atoms with Crippen LogP contribution >= 0.6 is 7.80 Å². The molecule has 0 aliphatic heterocycles. The number of carbonyl (C=O) groups is 1. The highest BCUT2D eigenvalue weighted by atomic mass is 31.1. The summed E-state index contributed by atoms with van der Waals surface area (Å²) in [4.78, 5) is 10.6. The van der Waals surface area contributed by atoms with Crippen LogP contribution in [0.3, 0.4) is 0 Å². The average molecular weight is 349 g/mol. The molecule has 0 spiro atoms. The van der Waals surface area contributed by atoms with Crippen LogP contribution in [-0.4, -0.2) is 6.29 Å². The van der Waals surface area contributed by atoms with Crippen LogP contribution in [-0.2, 0) is 4.57 Å². The van der Waals surface area contributed by atoms with Gasteiger partial charge in [-0.05, 0) is 56.2 Å². The summed E-state index contributed by atoms with van der Waals surface area (Å²) in [5, 5.41) is 1.77. The summed E-state index contributed by atoms with van der Waals surface area (Å²) in [5.74, 6) is 0. The van der Waals surface area contributed by atoms with Crippen LogP contribution in [0.5, 0.6) is 0 Å². The van der Waals surface area contributed by atoms with E-state index in [0.717, 1.165) is 33.6 Å². The highest BCUT2D eigenvalue weighted by molar-refractivity contribution is 7.61. The molecule has 0 aromatic heterocycles. The minimum atomic E-state index is -1.42. The highest BCUT2D eigenvalue weighted by Gasteiger charge is 2.21. The number of hydrogen-bond donors (Lipinski definition) is 0. The third-order valence-corrected chi connectivity index (χ3v) is 5.37. The predicted molar refractivity (Wildman–Crippen MR) is 106 cm³/mol. The number of benzene rings is 3. The largest absolute Gasteiger partial charge is 0.415 e. The molecule has 0 fully saturated rings. The molecule has 3 heteroatoms. The van der Waals surface area contributed by atoms with Gasteiger partial charge in [0.2, 0.25) is 0 Å². The standard InChI is InChI=1S/C12H10OP.C10H12O/c13-14(11-7-3-1-4-8-11)12-9-5-2-6-10-12;1-7-4-8(2)10(6-11)9(3)5-7/h1-10H;4-6H,1-3H3/q+1;. The highest BCUT2D eigenvalue weighted by Crippen LogP contribution is 2.18. The molecule has 0 aliphatic rings. The Balaban J connectivity index is 0.000000186. The molecule has 3 rings (SSSR count). The lowest BCUT2D eigenvalue weighted by Gasteiger charge is -2.03. The molecule has 0 N–H and O–H groups in total. The molecule has 0 amide bonds. The van der Waals surface area contributed by atoms with Crippen molar-refractivity contribution in [3.8, 4) is 0 Å². The molecular formula is C22H22O2P+. The summed E-state index contributed by atoms with van der Waals surface area (Å²) in [6, 6.07) is 23.1. The van der Waals surface area contributed by atoms with E-state index < -0.39 is 7.80 Å². The van der Waals surface area contributed by atoms with Crippen LogP contribution in [0.1, 0.15) is 27.0 Å². The molecule has 0 unspecified atom stereocenters. The Morgan fingerprint density at radius 1 is 0.720 bits per heavy atom. The number of rotatable bonds is 3. The second-order valence-corrected chi connectivity index (χ2v) is 7.52. The van der Waals surface area contributed by atoms with E-state index in [9.17, 15) is 9.36 Å². The first kappa shape index (κ1) is 18.8. The Bertz CT molecular complexity index is 791. The minimum absolute atomic E-state index is 0.829. The van der Waals surface area contributed by atoms with Crippen molar-refractivity contribution in [1.29, 1.82) is 0 Å². The quantitative estimate of drug-likeness (QED) is 0.498. The topological polar surface area (TPSA) is 34.1 Å². The Morgan fingerprint density at radius 3 is 1.48 bits per heavy atom. The maximum absolute atomic E-state index is 12.0. The van der Waals surface area contributed by atoms with Gasteiger partial charge in [0.25, 0.3) is 0 Å². The van der Waals surface area contributed by atoms with Crippen LogP contribution in [0.25, 0.3) is 0 Å². The lowest BCUT2D eigenvalue weighted by Crippen LogP contribution is -2.04. The van der Waals surface area contributed by atoms with Gasteiger partial charge >= 0.3 is 7.80 Å². The molecule has 3 aromatic carbocycles. The number of hydrogen-bond acceptors (Lipinski definition) is 2. The van der Waals surface area contributed by atoms with E-state index in [1.165, 1.54) is 5.56 Å². The van der Waals surface area contributed by atoms with Crippen molar-refractivity contribution in [3.63, 3.8) is 0 Å². The van der Waals surface area contributed by atoms with Gasteiger partial charge in [-0.15, -0.1) is 0 Å². The third kappa shape index (κ3) is 5.20. The molecule has 0 heterocycles. The fourth-order valence-corrected chi connectivity index (χ4v) is 3.84. The van der Waals surface area contributed by atoms with Crippen molar-refractivity contribution >= 4 is 24.7 Å². The summed E-state index contributed by atoms with van der Waals surface area (Å²) in [6.07, 6.45) is 0.921. The monoisotopic (exact) mass is 349 g/mol. The van der Waals surface area contributed by atoms with Gasteiger partial charge in [-0.1, -0.05) is 58.7 Å². The molecule has 25 heavy (non-hydrogen) atoms. The zero-order chi connectivity index (χ0) is 18.2. The number of carbonyl (C=O) groups excluding carboxylic acids is 1. The van der Waals surface area contributed by atoms with E-state index in [4.69, 9.17) is 0 Å². The van der Waals surface area contributed by atoms with Gasteiger partial charge in [-0.2, -0.15) is 0 Å². The van der Waals surface area contributed by atoms with Crippen molar-refractivity contribution in [2.24, 2.45) is 0 Å². The van der Waals surface area contributed by atoms with Gasteiger partial charge in [0.15, 0.2) is 16.9 Å². The van der Waals surface area contributed by atoms with Crippen LogP contribution in [0.2, 0.25) is 0 Å². The van der Waals surface area contributed by atoms with E-state index in [0.29, 0.717) is 0 Å². The lowest BCUT2D eigenvalue weighted by molar-refractivity contribution is 0.112. The van der Waals surface area contributed by atoms with Gasteiger partial charge in [0, 0.05) is 5.56 Å². The average Bonchev–Trinajstić information content (AvgIpc) is 2.63. The zero-order valence-corrected chi connectivity index (χ0v) is 15.7. The SMILES string of the molecule is Cc1cc(C)c(C=O)c(C)c1.O=[P+](c1ccccc1)c1ccccc1. The van der Waals surface area contributed by atoms with E-state index in [2.05, 4.69) is 0 Å². The van der Waals surface area contributed by atoms with Crippen molar-refractivity contribution < 1.29 is 9.36 Å². The molecular weight excluding hydrogens is 327 g/mol. The lowest BCUT2D eigenvalue weighted by atomic mass is 10.0. The molecule has 0 atom stereocenters. The van der Waals surface area contributed by atoms with E-state index in [1.54, 1.807) is 0 Å². The van der Waals surface area contributed by atoms with Gasteiger partial charge in [-0.3, -0.25) is 4.79 Å². The van der Waals surface area contributed by atoms with E-state index in [-0.39, 0.29) is 0 Å². The zero-order valence-electron chi connectivity index (χ0n) is 14.8. The Morgan fingerprint density at radius 2 is 1.12 bits per heavy atom. The van der Waals surface area contributed by atoms with Crippen molar-refractivity contribution in [3.05, 3.63) is 95.1 Å². The molecule has 0 bridgehead atoms. The van der Waals surface area contributed by atoms with Gasteiger partial charge in [0.1, 0.15) is 0 Å². The Kier molecular flexibility index (Phi) is 6.80. The van der Waals surface area contributed by atoms with Crippen LogP contribution < -0.4 is 10.6 Å². The molecule has 3 aromatic rings. The number of aldehydes is 1. The fraction of sp³-hybridized carbons (Fsp3) is 0.136. The Hall–Kier alpha value is -2.57. The van der Waals surface area contributed by atoms with E-state index in [1.807, 2.05) is 93.6 Å². The summed E-state index contributed by atoms with van der Waals surface area (Å²) in [7, 11) is -1.42. The normalized spacial score (nSPS) is 9.72. The maximum Gasteiger partial charge on any atom is 0.415 e. The van der Waals surface area contributed by atoms with Crippen molar-refractivity contribution in [2.45, 2.75) is 20.8 Å². The van der Waals surface area contributed by atoms with Crippen molar-refractivity contribution in [2.75, 3.05) is 0 Å². The fourth-order valence-electron chi connectivity index (χ4n) is 2.65. The number of aryl methyl sites for hydroxylation is 3. The molecule has 0 aliphatic carbocycles. The summed E-state index contributed by atoms with van der Waals surface area (Å²) in [6.45, 7) is 5.96. The summed E-state index contributed by atoms with van der Waals surface area (Å²) >= 11 is 0. The third-order valence-electron chi connectivity index (χ3n) is 3.84. The van der Waals surface area contributed by atoms with E-state index >= 15 is 0 Å². The molecule has 0 saturated carbocycles. The maximum atomic E-state index is 12.0. The smallest absolute Gasteiger partial charge is 0.298 e. The Labute approximate surface area is 150 Å². The van der Waals surface area contributed by atoms with Crippen LogP contribution in [0.15, 0.2) is 72.8 Å². The first-order chi connectivity index (χ1) is 12.0. The van der Waals surface area contributed by atoms with Gasteiger partial charge in [0.05, 0.1) is 0 Å². The predicted octanol–water partition coefficient (Wildman–Crippen LogP) is 4.89. The first-order valence-corrected chi connectivity index (χ1v) is 9.39. The van der Waals surface area contributed by atoms with Crippen LogP contribution in [0, 0.1) is 20.8 Å². The molecule has 0 saturated heterocycles. The second-order valence-electron chi connectivity index (χ2n) is 5.90. The summed E-state index contributed by atoms with van der Waals surface area (Å²) in [5.41, 5.74) is 4.18. The molecule has 126 valence electrons. The van der Waals surface area contributed by atoms with Gasteiger partial charge < -0.3 is 0 Å². The van der Waals surface area contributed by atoms with Crippen molar-refractivity contribution in [1.82, 2.24) is 0 Å². The summed E-state index contributed by atoms with van der Waals surface area (Å²) < 4.78 is 12.0. The second kappa shape index (κ2) is 9.05. The first-order valence-electron chi connectivity index (χ1n) is 8.13. The minimum Gasteiger partial charge on any atom is -0.298 e. The van der Waals surface area contributed by atoms with Gasteiger partial charge in [-0.25, -0.2) is 0 Å². The van der Waals surface area contributed by atoms with Crippen LogP contribution in [0.4, 0.5) is 0 Å². The molecule has 2 nitrogen and oxygen atoms in total. The molecule has 0 radical (unpaired) electrons.